The van der Waals surface area contributed by atoms with Crippen molar-refractivity contribution in [1.82, 2.24) is 23.9 Å². The van der Waals surface area contributed by atoms with Crippen molar-refractivity contribution >= 4 is 49.3 Å². The second-order valence-corrected chi connectivity index (χ2v) is 13.3. The minimum absolute atomic E-state index is 0. The zero-order valence-electron chi connectivity index (χ0n) is 27.4. The van der Waals surface area contributed by atoms with Gasteiger partial charge in [-0.25, -0.2) is 9.97 Å². The van der Waals surface area contributed by atoms with Crippen LogP contribution in [0.4, 0.5) is 0 Å². The topological polar surface area (TPSA) is 57.2 Å². The van der Waals surface area contributed by atoms with Crippen LogP contribution in [-0.4, -0.2) is 23.9 Å². The fourth-order valence-corrected chi connectivity index (χ4v) is 6.87. The van der Waals surface area contributed by atoms with Gasteiger partial charge in [0.2, 0.25) is 0 Å². The Balaban J connectivity index is 0.00000348. The molecule has 0 spiro atoms. The maximum Gasteiger partial charge on any atom is 2.00 e. The predicted molar refractivity (Wildman–Crippen MR) is 193 cm³/mol. The van der Waals surface area contributed by atoms with Gasteiger partial charge in [-0.1, -0.05) is 97.7 Å². The standard InChI is InChI=1S/C42H31N5O.Pt/c1-26-11-5-6-12-29(26)36-25-46-39-33(14-9-21-43-39)30-19-17-27(23-34(30)40(46)45-36)48-28-18-20-32-31-13-7-8-16-37(31)47(38(32)24-28)41-35(42(2,3)4)15-10-22-44-41;/h5-22,25H,1-4H3;/q-2;+2. The molecule has 0 saturated heterocycles. The number of pyridine rings is 3. The van der Waals surface area contributed by atoms with Crippen LogP contribution in [0.5, 0.6) is 11.5 Å². The van der Waals surface area contributed by atoms with E-state index in [-0.39, 0.29) is 26.5 Å². The minimum Gasteiger partial charge on any atom is -0.503 e. The van der Waals surface area contributed by atoms with E-state index in [9.17, 15) is 0 Å². The summed E-state index contributed by atoms with van der Waals surface area (Å²) in [6, 6.07) is 40.3. The molecule has 0 atom stereocenters. The normalized spacial score (nSPS) is 11.9. The molecule has 0 N–H and O–H groups in total. The largest absolute Gasteiger partial charge is 2.00 e. The number of rotatable bonds is 4. The van der Waals surface area contributed by atoms with Gasteiger partial charge in [-0.3, -0.25) is 4.98 Å². The van der Waals surface area contributed by atoms with Gasteiger partial charge in [0.25, 0.3) is 0 Å². The molecule has 0 amide bonds. The van der Waals surface area contributed by atoms with Gasteiger partial charge in [0.05, 0.1) is 11.3 Å². The molecule has 49 heavy (non-hydrogen) atoms. The first kappa shape index (κ1) is 31.0. The van der Waals surface area contributed by atoms with Crippen LogP contribution in [-0.2, 0) is 26.5 Å². The van der Waals surface area contributed by atoms with Gasteiger partial charge in [-0.05, 0) is 46.9 Å². The fraction of sp³-hybridized carbons (Fsp3) is 0.119. The Labute approximate surface area is 298 Å². The summed E-state index contributed by atoms with van der Waals surface area (Å²) in [4.78, 5) is 14.8. The molecule has 240 valence electrons. The van der Waals surface area contributed by atoms with Crippen LogP contribution in [0.3, 0.4) is 0 Å². The van der Waals surface area contributed by atoms with Crippen molar-refractivity contribution in [3.63, 3.8) is 0 Å². The van der Waals surface area contributed by atoms with E-state index < -0.39 is 0 Å². The van der Waals surface area contributed by atoms with Gasteiger partial charge in [-0.2, -0.15) is 6.07 Å². The van der Waals surface area contributed by atoms with Gasteiger partial charge in [0.15, 0.2) is 0 Å². The minimum atomic E-state index is -0.105. The van der Waals surface area contributed by atoms with Crippen LogP contribution in [0, 0.1) is 19.1 Å². The summed E-state index contributed by atoms with van der Waals surface area (Å²) in [6.07, 6.45) is 5.75. The molecule has 4 aromatic carbocycles. The molecule has 0 fully saturated rings. The first-order valence-electron chi connectivity index (χ1n) is 16.1. The molecule has 0 bridgehead atoms. The Bertz CT molecular complexity index is 2720. The second-order valence-electron chi connectivity index (χ2n) is 13.3. The van der Waals surface area contributed by atoms with Crippen LogP contribution < -0.4 is 4.74 Å². The molecule has 0 aliphatic heterocycles. The van der Waals surface area contributed by atoms with E-state index in [4.69, 9.17) is 19.7 Å². The summed E-state index contributed by atoms with van der Waals surface area (Å²) >= 11 is 0. The second kappa shape index (κ2) is 11.7. The van der Waals surface area contributed by atoms with Crippen molar-refractivity contribution in [1.29, 1.82) is 0 Å². The quantitative estimate of drug-likeness (QED) is 0.131. The summed E-state index contributed by atoms with van der Waals surface area (Å²) in [5, 5.41) is 5.15. The molecule has 6 nitrogen and oxygen atoms in total. The Morgan fingerprint density at radius 3 is 2.22 bits per heavy atom. The Kier molecular flexibility index (Phi) is 7.38. The summed E-state index contributed by atoms with van der Waals surface area (Å²) in [5.74, 6) is 2.07. The molecule has 0 unspecified atom stereocenters. The van der Waals surface area contributed by atoms with Crippen molar-refractivity contribution < 1.29 is 25.8 Å². The SMILES string of the molecule is Cc1ccccc1-c1cn2c(n1)c1[c-]c(Oc3[c-]c4c(cc3)c3ccccc3n4-c3ncccc3C(C)(C)C)ccc1c1cccnc12.[Pt+2]. The van der Waals surface area contributed by atoms with E-state index in [1.165, 1.54) is 5.56 Å². The third kappa shape index (κ3) is 5.01. The van der Waals surface area contributed by atoms with E-state index in [0.717, 1.165) is 71.9 Å². The van der Waals surface area contributed by atoms with Crippen LogP contribution in [0.1, 0.15) is 31.9 Å². The maximum absolute atomic E-state index is 6.55. The molecule has 5 heterocycles. The molecular weight excluding hydrogens is 786 g/mol. The summed E-state index contributed by atoms with van der Waals surface area (Å²) in [5.41, 5.74) is 7.82. The van der Waals surface area contributed by atoms with Gasteiger partial charge in [0, 0.05) is 46.7 Å². The number of benzene rings is 4. The summed E-state index contributed by atoms with van der Waals surface area (Å²) < 4.78 is 10.8. The zero-order valence-corrected chi connectivity index (χ0v) is 29.7. The smallest absolute Gasteiger partial charge is 0.503 e. The van der Waals surface area contributed by atoms with E-state index in [0.29, 0.717) is 11.5 Å². The van der Waals surface area contributed by atoms with Crippen LogP contribution in [0.25, 0.3) is 66.3 Å². The molecule has 0 aliphatic carbocycles. The Hall–Kier alpha value is -5.32. The molecule has 0 aliphatic rings. The fourth-order valence-electron chi connectivity index (χ4n) is 6.87. The van der Waals surface area contributed by atoms with E-state index in [2.05, 4.69) is 116 Å². The first-order chi connectivity index (χ1) is 23.3. The Morgan fingerprint density at radius 2 is 1.39 bits per heavy atom. The number of ether oxygens (including phenoxy) is 1. The molecule has 9 rings (SSSR count). The molecule has 9 aromatic rings. The number of fused-ring (bicyclic) bond motifs is 9. The third-order valence-corrected chi connectivity index (χ3v) is 9.16. The number of imidazole rings is 1. The summed E-state index contributed by atoms with van der Waals surface area (Å²) in [6.45, 7) is 8.76. The monoisotopic (exact) mass is 816 g/mol. The predicted octanol–water partition coefficient (Wildman–Crippen LogP) is 10.2. The number of aryl methyl sites for hydroxylation is 1. The van der Waals surface area contributed by atoms with Gasteiger partial charge >= 0.3 is 21.1 Å². The van der Waals surface area contributed by atoms with Crippen LogP contribution in [0.15, 0.2) is 116 Å². The van der Waals surface area contributed by atoms with E-state index in [1.807, 2.05) is 48.8 Å². The van der Waals surface area contributed by atoms with Crippen molar-refractivity contribution in [2.75, 3.05) is 0 Å². The van der Waals surface area contributed by atoms with Crippen molar-refractivity contribution in [2.24, 2.45) is 0 Å². The van der Waals surface area contributed by atoms with Gasteiger partial charge in [-0.15, -0.1) is 29.7 Å². The first-order valence-corrected chi connectivity index (χ1v) is 16.1. The number of hydrogen-bond donors (Lipinski definition) is 0. The molecule has 0 saturated carbocycles. The number of nitrogens with zero attached hydrogens (tertiary/aromatic N) is 5. The van der Waals surface area contributed by atoms with Crippen molar-refractivity contribution in [3.8, 4) is 28.6 Å². The number of para-hydroxylation sites is 1. The average Bonchev–Trinajstić information content (AvgIpc) is 3.68. The molecule has 7 heteroatoms. The van der Waals surface area contributed by atoms with Crippen molar-refractivity contribution in [3.05, 3.63) is 139 Å². The summed E-state index contributed by atoms with van der Waals surface area (Å²) in [7, 11) is 0. The number of aromatic nitrogens is 5. The Morgan fingerprint density at radius 1 is 0.673 bits per heavy atom. The van der Waals surface area contributed by atoms with Gasteiger partial charge in [0.1, 0.15) is 11.5 Å². The zero-order chi connectivity index (χ0) is 32.6. The van der Waals surface area contributed by atoms with E-state index >= 15 is 0 Å². The van der Waals surface area contributed by atoms with Gasteiger partial charge < -0.3 is 13.7 Å². The maximum atomic E-state index is 6.55. The molecule has 0 radical (unpaired) electrons. The van der Waals surface area contributed by atoms with E-state index in [1.54, 1.807) is 0 Å². The van der Waals surface area contributed by atoms with Crippen LogP contribution in [0.2, 0.25) is 0 Å². The molecular formula is C42H31N5OPt. The van der Waals surface area contributed by atoms with Crippen LogP contribution >= 0.6 is 0 Å². The van der Waals surface area contributed by atoms with Crippen molar-refractivity contribution in [2.45, 2.75) is 33.1 Å². The third-order valence-electron chi connectivity index (χ3n) is 9.16. The average molecular weight is 817 g/mol. The number of hydrogen-bond acceptors (Lipinski definition) is 4. The molecule has 5 aromatic heterocycles.